The molecule has 0 heterocycles. The number of benzene rings is 1. The van der Waals surface area contributed by atoms with Gasteiger partial charge in [0.25, 0.3) is 0 Å². The van der Waals surface area contributed by atoms with Gasteiger partial charge in [0.15, 0.2) is 0 Å². The van der Waals surface area contributed by atoms with Crippen LogP contribution in [-0.4, -0.2) is 6.29 Å². The summed E-state index contributed by atoms with van der Waals surface area (Å²) in [7, 11) is 0. The smallest absolute Gasteiger partial charge is 0.142 e. The molecule has 1 aromatic rings. The van der Waals surface area contributed by atoms with E-state index in [1.54, 1.807) is 18.2 Å². The molecule has 0 saturated carbocycles. The average Bonchev–Trinajstić information content (AvgIpc) is 2.01. The molecule has 0 fully saturated rings. The van der Waals surface area contributed by atoms with E-state index in [-0.39, 0.29) is 0 Å². The molecule has 1 nitrogen and oxygen atoms in total. The van der Waals surface area contributed by atoms with Gasteiger partial charge < -0.3 is 0 Å². The molecule has 0 bridgehead atoms. The minimum absolute atomic E-state index is 0.679. The summed E-state index contributed by atoms with van der Waals surface area (Å²) < 4.78 is 0. The van der Waals surface area contributed by atoms with Crippen molar-refractivity contribution in [2.75, 3.05) is 0 Å². The molecule has 1 rings (SSSR count). The van der Waals surface area contributed by atoms with Gasteiger partial charge in [-0.1, -0.05) is 29.8 Å². The van der Waals surface area contributed by atoms with Crippen LogP contribution in [0.25, 0.3) is 6.08 Å². The third-order valence-electron chi connectivity index (χ3n) is 1.22. The second kappa shape index (κ2) is 3.94. The number of halogens is 1. The van der Waals surface area contributed by atoms with Crippen LogP contribution in [0.2, 0.25) is 5.02 Å². The third kappa shape index (κ3) is 2.56. The first-order valence-electron chi connectivity index (χ1n) is 3.20. The molecular weight excluding hydrogens is 160 g/mol. The maximum Gasteiger partial charge on any atom is 0.142 e. The highest BCUT2D eigenvalue weighted by atomic mass is 35.5. The normalized spacial score (nSPS) is 10.3. The molecule has 0 aromatic heterocycles. The van der Waals surface area contributed by atoms with Gasteiger partial charge in [-0.05, 0) is 23.8 Å². The lowest BCUT2D eigenvalue weighted by atomic mass is 10.2. The molecule has 0 radical (unpaired) electrons. The molecular formula is C9H7ClO. The van der Waals surface area contributed by atoms with Crippen molar-refractivity contribution in [2.45, 2.75) is 0 Å². The van der Waals surface area contributed by atoms with Gasteiger partial charge in [0.2, 0.25) is 0 Å². The van der Waals surface area contributed by atoms with E-state index in [1.807, 2.05) is 12.1 Å². The van der Waals surface area contributed by atoms with Gasteiger partial charge in [0, 0.05) is 5.02 Å². The van der Waals surface area contributed by atoms with E-state index < -0.39 is 0 Å². The van der Waals surface area contributed by atoms with Crippen molar-refractivity contribution in [1.82, 2.24) is 0 Å². The number of rotatable bonds is 2. The SMILES string of the molecule is O=C/C=C/c1cccc(Cl)c1. The lowest BCUT2D eigenvalue weighted by molar-refractivity contribution is -0.104. The maximum atomic E-state index is 9.94. The Kier molecular flexibility index (Phi) is 2.87. The number of hydrogen-bond acceptors (Lipinski definition) is 1. The molecule has 56 valence electrons. The van der Waals surface area contributed by atoms with Crippen LogP contribution >= 0.6 is 11.6 Å². The van der Waals surface area contributed by atoms with Gasteiger partial charge in [0.1, 0.15) is 6.29 Å². The first kappa shape index (κ1) is 8.02. The summed E-state index contributed by atoms with van der Waals surface area (Å²) in [5.74, 6) is 0. The van der Waals surface area contributed by atoms with Crippen LogP contribution < -0.4 is 0 Å². The van der Waals surface area contributed by atoms with E-state index in [1.165, 1.54) is 6.08 Å². The van der Waals surface area contributed by atoms with Crippen LogP contribution in [0, 0.1) is 0 Å². The van der Waals surface area contributed by atoms with E-state index >= 15 is 0 Å². The Hall–Kier alpha value is -1.08. The highest BCUT2D eigenvalue weighted by Crippen LogP contribution is 2.11. The summed E-state index contributed by atoms with van der Waals surface area (Å²) in [6.07, 6.45) is 3.88. The van der Waals surface area contributed by atoms with Crippen molar-refractivity contribution < 1.29 is 4.79 Å². The van der Waals surface area contributed by atoms with Gasteiger partial charge in [-0.15, -0.1) is 0 Å². The number of aldehydes is 1. The monoisotopic (exact) mass is 166 g/mol. The van der Waals surface area contributed by atoms with Gasteiger partial charge in [0.05, 0.1) is 0 Å². The zero-order chi connectivity index (χ0) is 8.10. The van der Waals surface area contributed by atoms with E-state index in [0.29, 0.717) is 5.02 Å². The molecule has 0 aliphatic rings. The molecule has 0 aliphatic heterocycles. The third-order valence-corrected chi connectivity index (χ3v) is 1.45. The van der Waals surface area contributed by atoms with Crippen molar-refractivity contribution in [1.29, 1.82) is 0 Å². The second-order valence-electron chi connectivity index (χ2n) is 2.05. The predicted octanol–water partition coefficient (Wildman–Crippen LogP) is 2.55. The van der Waals surface area contributed by atoms with E-state index in [4.69, 9.17) is 11.6 Å². The van der Waals surface area contributed by atoms with Crippen molar-refractivity contribution in [2.24, 2.45) is 0 Å². The van der Waals surface area contributed by atoms with Crippen LogP contribution in [0.1, 0.15) is 5.56 Å². The van der Waals surface area contributed by atoms with Gasteiger partial charge in [-0.25, -0.2) is 0 Å². The quantitative estimate of drug-likeness (QED) is 0.488. The standard InChI is InChI=1S/C9H7ClO/c10-9-5-1-3-8(7-9)4-2-6-11/h1-7H/b4-2+. The Balaban J connectivity index is 2.87. The molecule has 0 amide bonds. The summed E-state index contributed by atoms with van der Waals surface area (Å²) in [5, 5.41) is 0.679. The molecule has 1 aromatic carbocycles. The Labute approximate surface area is 70.3 Å². The van der Waals surface area contributed by atoms with Crippen LogP contribution in [0.5, 0.6) is 0 Å². The summed E-state index contributed by atoms with van der Waals surface area (Å²) in [5.41, 5.74) is 0.935. The topological polar surface area (TPSA) is 17.1 Å². The molecule has 0 spiro atoms. The first-order valence-corrected chi connectivity index (χ1v) is 3.58. The van der Waals surface area contributed by atoms with Crippen LogP contribution in [0.15, 0.2) is 30.3 Å². The van der Waals surface area contributed by atoms with Crippen molar-refractivity contribution in [3.63, 3.8) is 0 Å². The fourth-order valence-electron chi connectivity index (χ4n) is 0.761. The molecule has 0 aliphatic carbocycles. The van der Waals surface area contributed by atoms with E-state index in [2.05, 4.69) is 0 Å². The predicted molar refractivity (Wildman–Crippen MR) is 46.6 cm³/mol. The highest BCUT2D eigenvalue weighted by Gasteiger charge is 1.86. The minimum Gasteiger partial charge on any atom is -0.299 e. The number of hydrogen-bond donors (Lipinski definition) is 0. The van der Waals surface area contributed by atoms with Gasteiger partial charge >= 0.3 is 0 Å². The molecule has 0 unspecified atom stereocenters. The Morgan fingerprint density at radius 3 is 2.82 bits per heavy atom. The van der Waals surface area contributed by atoms with Crippen LogP contribution in [0.4, 0.5) is 0 Å². The van der Waals surface area contributed by atoms with Crippen LogP contribution in [0.3, 0.4) is 0 Å². The minimum atomic E-state index is 0.679. The summed E-state index contributed by atoms with van der Waals surface area (Å²) in [4.78, 5) is 9.94. The first-order chi connectivity index (χ1) is 5.33. The van der Waals surface area contributed by atoms with Gasteiger partial charge in [-0.2, -0.15) is 0 Å². The zero-order valence-electron chi connectivity index (χ0n) is 5.83. The Morgan fingerprint density at radius 1 is 1.36 bits per heavy atom. The largest absolute Gasteiger partial charge is 0.299 e. The summed E-state index contributed by atoms with van der Waals surface area (Å²) >= 11 is 5.70. The van der Waals surface area contributed by atoms with Crippen molar-refractivity contribution >= 4 is 24.0 Å². The number of carbonyl (C=O) groups is 1. The fraction of sp³-hybridized carbons (Fsp3) is 0. The van der Waals surface area contributed by atoms with E-state index in [9.17, 15) is 4.79 Å². The molecule has 0 N–H and O–H groups in total. The number of carbonyl (C=O) groups excluding carboxylic acids is 1. The second-order valence-corrected chi connectivity index (χ2v) is 2.49. The lowest BCUT2D eigenvalue weighted by Gasteiger charge is -1.91. The van der Waals surface area contributed by atoms with Crippen molar-refractivity contribution in [3.05, 3.63) is 40.9 Å². The molecule has 11 heavy (non-hydrogen) atoms. The summed E-state index contributed by atoms with van der Waals surface area (Å²) in [6.45, 7) is 0. The summed E-state index contributed by atoms with van der Waals surface area (Å²) in [6, 6.07) is 7.31. The molecule has 0 saturated heterocycles. The fourth-order valence-corrected chi connectivity index (χ4v) is 0.959. The maximum absolute atomic E-state index is 9.94. The van der Waals surface area contributed by atoms with Crippen molar-refractivity contribution in [3.8, 4) is 0 Å². The Morgan fingerprint density at radius 2 is 2.18 bits per heavy atom. The highest BCUT2D eigenvalue weighted by molar-refractivity contribution is 6.30. The Bertz CT molecular complexity index is 279. The molecule has 2 heteroatoms. The molecule has 0 atom stereocenters. The van der Waals surface area contributed by atoms with E-state index in [0.717, 1.165) is 11.8 Å². The lowest BCUT2D eigenvalue weighted by Crippen LogP contribution is -1.70. The average molecular weight is 167 g/mol. The van der Waals surface area contributed by atoms with Gasteiger partial charge in [-0.3, -0.25) is 4.79 Å². The number of allylic oxidation sites excluding steroid dienone is 1. The van der Waals surface area contributed by atoms with Crippen LogP contribution in [-0.2, 0) is 4.79 Å². The zero-order valence-corrected chi connectivity index (χ0v) is 6.58.